The maximum absolute atomic E-state index is 13.7. The first-order valence-electron chi connectivity index (χ1n) is 14.3. The first-order valence-corrected chi connectivity index (χ1v) is 22.0. The molecule has 2 N–H and O–H groups in total. The minimum Gasteiger partial charge on any atom is -0.443 e. The average Bonchev–Trinajstić information content (AvgIpc) is 3.35. The second-order valence-corrected chi connectivity index (χ2v) is 12.0. The van der Waals surface area contributed by atoms with Gasteiger partial charge in [-0.15, -0.1) is 0 Å². The highest BCUT2D eigenvalue weighted by Crippen LogP contribution is 2.34. The van der Waals surface area contributed by atoms with Crippen molar-refractivity contribution in [3.05, 3.63) is 101 Å². The summed E-state index contributed by atoms with van der Waals surface area (Å²) in [7, 11) is -4.00. The van der Waals surface area contributed by atoms with Crippen molar-refractivity contribution in [2.75, 3.05) is 26.2 Å². The highest BCUT2D eigenvalue weighted by atomic mass is 128. The van der Waals surface area contributed by atoms with Crippen LogP contribution in [0.3, 0.4) is 0 Å². The highest BCUT2D eigenvalue weighted by molar-refractivity contribution is 15.0. The Morgan fingerprint density at radius 3 is 2.13 bits per heavy atom. The number of halogens is 5. The molecule has 0 spiro atoms. The number of benzene rings is 3. The molecule has 2 heterocycles. The van der Waals surface area contributed by atoms with Gasteiger partial charge >= 0.3 is 12.1 Å². The molecule has 0 aliphatic carbocycles. The number of hydrogen-bond acceptors (Lipinski definition) is 6. The summed E-state index contributed by atoms with van der Waals surface area (Å²) in [4.78, 5) is 28.1. The predicted molar refractivity (Wildman–Crippen MR) is 184 cm³/mol. The van der Waals surface area contributed by atoms with Gasteiger partial charge in [-0.1, -0.05) is 36.4 Å². The van der Waals surface area contributed by atoms with Gasteiger partial charge in [-0.05, 0) is 99.3 Å². The van der Waals surface area contributed by atoms with E-state index >= 15 is 0 Å². The van der Waals surface area contributed by atoms with Crippen molar-refractivity contribution in [3.63, 3.8) is 0 Å². The van der Waals surface area contributed by atoms with Crippen molar-refractivity contribution in [3.8, 4) is 0 Å². The lowest BCUT2D eigenvalue weighted by atomic mass is 9.89. The van der Waals surface area contributed by atoms with Crippen LogP contribution in [0.4, 0.5) is 22.8 Å². The Morgan fingerprint density at radius 1 is 0.957 bits per heavy atom. The number of carbonyl (C=O) groups is 2. The van der Waals surface area contributed by atoms with Gasteiger partial charge < -0.3 is 15.0 Å². The van der Waals surface area contributed by atoms with Crippen molar-refractivity contribution >= 4 is 59.5 Å². The summed E-state index contributed by atoms with van der Waals surface area (Å²) in [5.74, 6) is -1.85. The van der Waals surface area contributed by atoms with Crippen LogP contribution in [0.25, 0.3) is 0 Å². The van der Waals surface area contributed by atoms with Gasteiger partial charge in [0.2, 0.25) is 0 Å². The molecule has 0 aromatic heterocycles. The quantitative estimate of drug-likeness (QED) is 0.142. The van der Waals surface area contributed by atoms with E-state index in [1.807, 2.05) is 12.1 Å². The largest absolute Gasteiger partial charge is 0.443 e. The number of hydrogen-bond donors (Lipinski definition) is 2. The highest BCUT2D eigenvalue weighted by Gasteiger charge is 2.44. The topological polar surface area (TPSA) is 116 Å². The Kier molecular flexibility index (Phi) is 15.0. The van der Waals surface area contributed by atoms with Crippen LogP contribution in [0.2, 0.25) is 0 Å². The molecule has 3 amide bonds. The summed E-state index contributed by atoms with van der Waals surface area (Å²) in [6.45, 7) is 4.60. The number of piperidine rings is 1. The zero-order valence-electron chi connectivity index (χ0n) is 24.8. The monoisotopic (exact) mass is 887 g/mol. The van der Waals surface area contributed by atoms with E-state index in [4.69, 9.17) is 9.29 Å². The summed E-state index contributed by atoms with van der Waals surface area (Å²) in [5, 5.41) is 2.74. The van der Waals surface area contributed by atoms with Gasteiger partial charge in [0.15, 0.2) is 11.6 Å². The Labute approximate surface area is 289 Å². The van der Waals surface area contributed by atoms with Gasteiger partial charge in [0.25, 0.3) is 10.1 Å². The van der Waals surface area contributed by atoms with Gasteiger partial charge in [-0.25, -0.2) is 27.7 Å². The van der Waals surface area contributed by atoms with Crippen LogP contribution in [0.15, 0.2) is 77.7 Å². The maximum atomic E-state index is 13.7. The normalized spacial score (nSPS) is 18.5. The fourth-order valence-corrected chi connectivity index (χ4v) is 5.83. The van der Waals surface area contributed by atoms with E-state index in [-0.39, 0.29) is 16.3 Å². The lowest BCUT2D eigenvalue weighted by Gasteiger charge is -2.32. The van der Waals surface area contributed by atoms with Crippen LogP contribution < -0.4 is 5.32 Å². The fraction of sp³-hybridized carbons (Fsp3) is 0.355. The standard InChI is InChI=1S/C25H28F3N3O3.C6H6O3S.I2/c1-16-23(19-5-8-21(27)22(28)15-19)31(25(33)34-16)24(32)29-11-2-12-30-13-9-18(10-14-30)17-3-6-20(26)7-4-17;7-10(8,9)6-4-2-1-3-5-6;1-2/h3-8,15-16,18,23H,2,9-14H2,1H3,(H,29,32);1-5H,(H,7,8,9);/t16-,23+;;/m0../s1. The summed E-state index contributed by atoms with van der Waals surface area (Å²) in [6.07, 6.45) is 1.17. The van der Waals surface area contributed by atoms with Crippen molar-refractivity contribution in [1.29, 1.82) is 0 Å². The number of cyclic esters (lactones) is 1. The summed E-state index contributed by atoms with van der Waals surface area (Å²) < 4.78 is 74.6. The summed E-state index contributed by atoms with van der Waals surface area (Å²) in [5.41, 5.74) is 1.45. The molecule has 9 nitrogen and oxygen atoms in total. The van der Waals surface area contributed by atoms with Crippen LogP contribution in [0, 0.1) is 17.5 Å². The first kappa shape index (κ1) is 38.0. The molecule has 2 aliphatic rings. The van der Waals surface area contributed by atoms with Crippen molar-refractivity contribution in [1.82, 2.24) is 15.1 Å². The molecule has 0 saturated carbocycles. The third-order valence-electron chi connectivity index (χ3n) is 7.61. The second kappa shape index (κ2) is 18.2. The molecule has 2 aliphatic heterocycles. The predicted octanol–water partition coefficient (Wildman–Crippen LogP) is 7.67. The van der Waals surface area contributed by atoms with Gasteiger partial charge in [-0.3, -0.25) is 4.55 Å². The molecule has 2 fully saturated rings. The molecule has 250 valence electrons. The van der Waals surface area contributed by atoms with Crippen LogP contribution in [-0.2, 0) is 14.9 Å². The second-order valence-electron chi connectivity index (χ2n) is 10.6. The molecule has 0 radical (unpaired) electrons. The van der Waals surface area contributed by atoms with Crippen LogP contribution in [-0.4, -0.2) is 67.2 Å². The Bertz CT molecular complexity index is 1550. The molecular weight excluding hydrogens is 853 g/mol. The fourth-order valence-electron chi connectivity index (χ4n) is 5.33. The van der Waals surface area contributed by atoms with Gasteiger partial charge in [0.1, 0.15) is 18.0 Å². The third kappa shape index (κ3) is 10.8. The van der Waals surface area contributed by atoms with E-state index in [2.05, 4.69) is 47.4 Å². The van der Waals surface area contributed by atoms with Crippen LogP contribution in [0.1, 0.15) is 49.3 Å². The molecule has 0 bridgehead atoms. The number of amides is 3. The van der Waals surface area contributed by atoms with Gasteiger partial charge in [-0.2, -0.15) is 8.42 Å². The number of nitrogens with zero attached hydrogens (tertiary/aromatic N) is 2. The van der Waals surface area contributed by atoms with Crippen molar-refractivity contribution in [2.45, 2.75) is 49.1 Å². The van der Waals surface area contributed by atoms with Gasteiger partial charge in [0.05, 0.1) is 4.90 Å². The Morgan fingerprint density at radius 2 is 1.57 bits per heavy atom. The van der Waals surface area contributed by atoms with E-state index < -0.39 is 46.0 Å². The van der Waals surface area contributed by atoms with Crippen LogP contribution >= 0.6 is 37.2 Å². The van der Waals surface area contributed by atoms with Crippen molar-refractivity contribution < 1.29 is 40.5 Å². The third-order valence-corrected chi connectivity index (χ3v) is 8.48. The van der Waals surface area contributed by atoms with Crippen molar-refractivity contribution in [2.24, 2.45) is 0 Å². The van der Waals surface area contributed by atoms with E-state index in [1.165, 1.54) is 30.3 Å². The molecule has 3 aromatic carbocycles. The zero-order valence-corrected chi connectivity index (χ0v) is 29.9. The number of rotatable bonds is 7. The maximum Gasteiger partial charge on any atom is 0.419 e. The van der Waals surface area contributed by atoms with Gasteiger partial charge in [0, 0.05) is 43.8 Å². The molecule has 3 aromatic rings. The molecule has 0 unspecified atom stereocenters. The smallest absolute Gasteiger partial charge is 0.419 e. The SMILES string of the molecule is C[C@@H]1OC(=O)N(C(=O)NCCCN2CCC(c3ccc(F)cc3)CC2)[C@H]1c1ccc(F)c(F)c1.II.O=S(=O)(O)c1ccccc1. The molecule has 5 rings (SSSR count). The minimum absolute atomic E-state index is 0.0741. The number of nitrogens with one attached hydrogen (secondary N) is 1. The Balaban J connectivity index is 0.000000406. The first-order chi connectivity index (χ1) is 21.9. The lowest BCUT2D eigenvalue weighted by molar-refractivity contribution is 0.137. The molecule has 46 heavy (non-hydrogen) atoms. The van der Waals surface area contributed by atoms with E-state index in [0.717, 1.165) is 55.1 Å². The van der Waals surface area contributed by atoms with E-state index in [1.54, 1.807) is 25.1 Å². The molecule has 2 saturated heterocycles. The zero-order chi connectivity index (χ0) is 33.9. The molecule has 2 atom stereocenters. The average molecular weight is 887 g/mol. The summed E-state index contributed by atoms with van der Waals surface area (Å²) >= 11 is 4.24. The number of imide groups is 1. The molecule has 15 heteroatoms. The van der Waals surface area contributed by atoms with Crippen LogP contribution in [0.5, 0.6) is 0 Å². The lowest BCUT2D eigenvalue weighted by Crippen LogP contribution is -2.43. The van der Waals surface area contributed by atoms with E-state index in [9.17, 15) is 31.2 Å². The van der Waals surface area contributed by atoms with E-state index in [0.29, 0.717) is 18.9 Å². The Hall–Kier alpha value is -2.48. The minimum atomic E-state index is -4.00. The number of urea groups is 1. The number of likely N-dealkylation sites (tertiary alicyclic amines) is 1. The number of ether oxygens (including phenoxy) is 1. The summed E-state index contributed by atoms with van der Waals surface area (Å²) in [6, 6.07) is 15.9. The molecular formula is C31H34F3I2N3O6S. The number of carbonyl (C=O) groups excluding carboxylic acids is 2.